The van der Waals surface area contributed by atoms with E-state index in [-0.39, 0.29) is 0 Å². The summed E-state index contributed by atoms with van der Waals surface area (Å²) in [5.74, 6) is 1.75. The summed E-state index contributed by atoms with van der Waals surface area (Å²) in [5, 5.41) is 3.64. The minimum Gasteiger partial charge on any atom is -0.496 e. The maximum Gasteiger partial charge on any atom is 0.124 e. The second-order valence-electron chi connectivity index (χ2n) is 5.65. The molecule has 3 heteroatoms. The van der Waals surface area contributed by atoms with Gasteiger partial charge in [-0.1, -0.05) is 68.5 Å². The Kier molecular flexibility index (Phi) is 9.02. The standard InChI is InChI=1S/C18H30BrNO/c1-5-8-9-14(6-2)12-17(20-7-3)16-11-10-15(19)13-18(16)21-4/h10-11,13-14,17,20H,5-9,12H2,1-4H3. The van der Waals surface area contributed by atoms with Crippen LogP contribution in [0, 0.1) is 5.92 Å². The fourth-order valence-corrected chi connectivity index (χ4v) is 3.19. The molecule has 0 aromatic heterocycles. The highest BCUT2D eigenvalue weighted by Crippen LogP contribution is 2.33. The molecule has 0 saturated carbocycles. The van der Waals surface area contributed by atoms with Crippen LogP contribution in [0.1, 0.15) is 64.5 Å². The molecule has 0 heterocycles. The van der Waals surface area contributed by atoms with Gasteiger partial charge in [0.1, 0.15) is 5.75 Å². The molecule has 120 valence electrons. The van der Waals surface area contributed by atoms with Crippen molar-refractivity contribution in [3.63, 3.8) is 0 Å². The average Bonchev–Trinajstić information content (AvgIpc) is 2.50. The summed E-state index contributed by atoms with van der Waals surface area (Å²) in [6, 6.07) is 6.73. The number of nitrogens with one attached hydrogen (secondary N) is 1. The summed E-state index contributed by atoms with van der Waals surface area (Å²) in [7, 11) is 1.75. The summed E-state index contributed by atoms with van der Waals surface area (Å²) in [6.07, 6.45) is 6.37. The van der Waals surface area contributed by atoms with E-state index in [0.29, 0.717) is 6.04 Å². The SMILES string of the molecule is CCCCC(CC)CC(NCC)c1ccc(Br)cc1OC. The van der Waals surface area contributed by atoms with Crippen molar-refractivity contribution in [3.05, 3.63) is 28.2 Å². The number of methoxy groups -OCH3 is 1. The van der Waals surface area contributed by atoms with Crippen molar-refractivity contribution in [2.24, 2.45) is 5.92 Å². The molecule has 1 aromatic carbocycles. The van der Waals surface area contributed by atoms with Gasteiger partial charge in [0.25, 0.3) is 0 Å². The third-order valence-electron chi connectivity index (χ3n) is 4.13. The van der Waals surface area contributed by atoms with Crippen LogP contribution in [0.25, 0.3) is 0 Å². The van der Waals surface area contributed by atoms with Crippen molar-refractivity contribution < 1.29 is 4.74 Å². The number of unbranched alkanes of at least 4 members (excludes halogenated alkanes) is 1. The van der Waals surface area contributed by atoms with Gasteiger partial charge >= 0.3 is 0 Å². The number of hydrogen-bond donors (Lipinski definition) is 1. The minimum atomic E-state index is 0.375. The molecule has 2 atom stereocenters. The zero-order valence-electron chi connectivity index (χ0n) is 13.9. The van der Waals surface area contributed by atoms with Crippen molar-refractivity contribution in [2.45, 2.75) is 58.9 Å². The van der Waals surface area contributed by atoms with E-state index in [4.69, 9.17) is 4.74 Å². The Morgan fingerprint density at radius 3 is 2.57 bits per heavy atom. The predicted octanol–water partition coefficient (Wildman–Crippen LogP) is 5.71. The number of halogens is 1. The van der Waals surface area contributed by atoms with E-state index in [9.17, 15) is 0 Å². The van der Waals surface area contributed by atoms with Crippen molar-refractivity contribution in [3.8, 4) is 5.75 Å². The average molecular weight is 356 g/mol. The van der Waals surface area contributed by atoms with E-state index in [1.807, 2.05) is 0 Å². The van der Waals surface area contributed by atoms with Crippen LogP contribution in [-0.4, -0.2) is 13.7 Å². The molecule has 0 aliphatic carbocycles. The van der Waals surface area contributed by atoms with E-state index >= 15 is 0 Å². The molecule has 1 rings (SSSR count). The first-order chi connectivity index (χ1) is 10.2. The molecule has 0 radical (unpaired) electrons. The molecule has 0 bridgehead atoms. The Morgan fingerprint density at radius 2 is 2.00 bits per heavy atom. The van der Waals surface area contributed by atoms with E-state index in [1.165, 1.54) is 37.7 Å². The molecule has 0 aliphatic rings. The molecule has 1 N–H and O–H groups in total. The Labute approximate surface area is 138 Å². The lowest BCUT2D eigenvalue weighted by Gasteiger charge is -2.25. The van der Waals surface area contributed by atoms with Gasteiger partial charge in [0.2, 0.25) is 0 Å². The lowest BCUT2D eigenvalue weighted by Crippen LogP contribution is -2.24. The van der Waals surface area contributed by atoms with Crippen LogP contribution in [0.15, 0.2) is 22.7 Å². The van der Waals surface area contributed by atoms with E-state index in [2.05, 4.69) is 60.2 Å². The first-order valence-corrected chi connectivity index (χ1v) is 9.02. The summed E-state index contributed by atoms with van der Waals surface area (Å²) in [6.45, 7) is 7.73. The van der Waals surface area contributed by atoms with Crippen molar-refractivity contribution in [1.82, 2.24) is 5.32 Å². The predicted molar refractivity (Wildman–Crippen MR) is 95.0 cm³/mol. The van der Waals surface area contributed by atoms with Gasteiger partial charge in [0.05, 0.1) is 7.11 Å². The molecule has 0 spiro atoms. The van der Waals surface area contributed by atoms with Crippen LogP contribution in [0.5, 0.6) is 5.75 Å². The molecule has 0 amide bonds. The van der Waals surface area contributed by atoms with Gasteiger partial charge in [-0.15, -0.1) is 0 Å². The van der Waals surface area contributed by atoms with Crippen LogP contribution in [-0.2, 0) is 0 Å². The van der Waals surface area contributed by atoms with E-state index < -0.39 is 0 Å². The Bertz CT molecular complexity index is 408. The fourth-order valence-electron chi connectivity index (χ4n) is 2.85. The Hall–Kier alpha value is -0.540. The van der Waals surface area contributed by atoms with Gasteiger partial charge in [-0.25, -0.2) is 0 Å². The smallest absolute Gasteiger partial charge is 0.124 e. The van der Waals surface area contributed by atoms with Gasteiger partial charge in [-0.2, -0.15) is 0 Å². The number of rotatable bonds is 10. The number of hydrogen-bond acceptors (Lipinski definition) is 2. The third kappa shape index (κ3) is 5.99. The molecular weight excluding hydrogens is 326 g/mol. The van der Waals surface area contributed by atoms with Crippen LogP contribution < -0.4 is 10.1 Å². The summed E-state index contributed by atoms with van der Waals surface area (Å²) >= 11 is 3.52. The van der Waals surface area contributed by atoms with E-state index in [0.717, 1.165) is 22.7 Å². The first-order valence-electron chi connectivity index (χ1n) is 8.22. The zero-order chi connectivity index (χ0) is 15.7. The highest BCUT2D eigenvalue weighted by Gasteiger charge is 2.19. The van der Waals surface area contributed by atoms with Gasteiger partial charge in [0, 0.05) is 16.1 Å². The molecule has 0 fully saturated rings. The monoisotopic (exact) mass is 355 g/mol. The topological polar surface area (TPSA) is 21.3 Å². The van der Waals surface area contributed by atoms with E-state index in [1.54, 1.807) is 7.11 Å². The summed E-state index contributed by atoms with van der Waals surface area (Å²) < 4.78 is 6.65. The van der Waals surface area contributed by atoms with Gasteiger partial charge < -0.3 is 10.1 Å². The fraction of sp³-hybridized carbons (Fsp3) is 0.667. The van der Waals surface area contributed by atoms with Crippen LogP contribution >= 0.6 is 15.9 Å². The molecule has 2 unspecified atom stereocenters. The molecule has 2 nitrogen and oxygen atoms in total. The lowest BCUT2D eigenvalue weighted by atomic mass is 9.89. The van der Waals surface area contributed by atoms with Gasteiger partial charge in [-0.3, -0.25) is 0 Å². The van der Waals surface area contributed by atoms with Crippen LogP contribution in [0.4, 0.5) is 0 Å². The molecule has 0 aliphatic heterocycles. The first kappa shape index (κ1) is 18.5. The Morgan fingerprint density at radius 1 is 1.24 bits per heavy atom. The number of benzene rings is 1. The van der Waals surface area contributed by atoms with Gasteiger partial charge in [0.15, 0.2) is 0 Å². The lowest BCUT2D eigenvalue weighted by molar-refractivity contribution is 0.344. The molecule has 21 heavy (non-hydrogen) atoms. The molecule has 1 aromatic rings. The maximum atomic E-state index is 5.58. The highest BCUT2D eigenvalue weighted by atomic mass is 79.9. The van der Waals surface area contributed by atoms with Crippen LogP contribution in [0.2, 0.25) is 0 Å². The highest BCUT2D eigenvalue weighted by molar-refractivity contribution is 9.10. The number of ether oxygens (including phenoxy) is 1. The molecule has 0 saturated heterocycles. The maximum absolute atomic E-state index is 5.58. The second kappa shape index (κ2) is 10.2. The van der Waals surface area contributed by atoms with Crippen LogP contribution in [0.3, 0.4) is 0 Å². The molecular formula is C18H30BrNO. The van der Waals surface area contributed by atoms with Crippen molar-refractivity contribution >= 4 is 15.9 Å². The summed E-state index contributed by atoms with van der Waals surface area (Å²) in [4.78, 5) is 0. The zero-order valence-corrected chi connectivity index (χ0v) is 15.5. The van der Waals surface area contributed by atoms with Crippen molar-refractivity contribution in [2.75, 3.05) is 13.7 Å². The second-order valence-corrected chi connectivity index (χ2v) is 6.56. The Balaban J connectivity index is 2.89. The van der Waals surface area contributed by atoms with Gasteiger partial charge in [-0.05, 0) is 31.0 Å². The van der Waals surface area contributed by atoms with Crippen molar-refractivity contribution in [1.29, 1.82) is 0 Å². The largest absolute Gasteiger partial charge is 0.496 e. The summed E-state index contributed by atoms with van der Waals surface area (Å²) in [5.41, 5.74) is 1.28. The normalized spacial score (nSPS) is 14.0. The minimum absolute atomic E-state index is 0.375. The quantitative estimate of drug-likeness (QED) is 0.579. The third-order valence-corrected chi connectivity index (χ3v) is 4.63.